The highest BCUT2D eigenvalue weighted by atomic mass is 16.6. The number of aryl methyl sites for hydroxylation is 2. The van der Waals surface area contributed by atoms with Crippen LogP contribution in [-0.2, 0) is 16.1 Å². The highest BCUT2D eigenvalue weighted by Gasteiger charge is 2.26. The zero-order valence-electron chi connectivity index (χ0n) is 17.1. The van der Waals surface area contributed by atoms with E-state index in [2.05, 4.69) is 47.9 Å². The van der Waals surface area contributed by atoms with Gasteiger partial charge in [-0.25, -0.2) is 4.79 Å². The van der Waals surface area contributed by atoms with Crippen molar-refractivity contribution in [2.75, 3.05) is 26.8 Å². The molecular weight excluding hydrogens is 328 g/mol. The molecule has 26 heavy (non-hydrogen) atoms. The van der Waals surface area contributed by atoms with Gasteiger partial charge in [0, 0.05) is 31.2 Å². The lowest BCUT2D eigenvalue weighted by Crippen LogP contribution is -2.49. The Hall–Kier alpha value is -1.59. The van der Waals surface area contributed by atoms with Crippen LogP contribution in [0.25, 0.3) is 0 Å². The largest absolute Gasteiger partial charge is 0.481 e. The average molecular weight is 363 g/mol. The van der Waals surface area contributed by atoms with Gasteiger partial charge in [0.25, 0.3) is 0 Å². The van der Waals surface area contributed by atoms with E-state index in [-0.39, 0.29) is 18.1 Å². The third-order valence-corrected chi connectivity index (χ3v) is 5.12. The minimum absolute atomic E-state index is 0.0534. The molecule has 0 atom stereocenters. The van der Waals surface area contributed by atoms with Crippen LogP contribution in [0, 0.1) is 13.8 Å². The number of piperidine rings is 1. The van der Waals surface area contributed by atoms with Crippen LogP contribution in [0.4, 0.5) is 0 Å². The first kappa shape index (κ1) is 20.7. The van der Waals surface area contributed by atoms with E-state index < -0.39 is 0 Å². The van der Waals surface area contributed by atoms with Gasteiger partial charge in [0.15, 0.2) is 6.61 Å². The third kappa shape index (κ3) is 5.71. The molecule has 0 bridgehead atoms. The van der Waals surface area contributed by atoms with Crippen LogP contribution >= 0.6 is 0 Å². The number of carbonyl (C=O) groups excluding carboxylic acids is 1. The number of methoxy groups -OCH3 is 1. The topological polar surface area (TPSA) is 50.8 Å². The summed E-state index contributed by atoms with van der Waals surface area (Å²) >= 11 is 0. The SMILES string of the molecule is COC(=O)COc1c(C)cc(CNC2CCN(C(C)(C)C)CC2)cc1C. The number of hydrogen-bond acceptors (Lipinski definition) is 5. The Morgan fingerprint density at radius 1 is 1.19 bits per heavy atom. The van der Waals surface area contributed by atoms with Gasteiger partial charge < -0.3 is 14.8 Å². The molecule has 0 amide bonds. The average Bonchev–Trinajstić information content (AvgIpc) is 2.58. The van der Waals surface area contributed by atoms with E-state index in [1.807, 2.05) is 13.8 Å². The van der Waals surface area contributed by atoms with Crippen LogP contribution in [-0.4, -0.2) is 49.3 Å². The maximum absolute atomic E-state index is 11.3. The fourth-order valence-electron chi connectivity index (χ4n) is 3.58. The molecule has 1 aliphatic heterocycles. The van der Waals surface area contributed by atoms with E-state index in [1.54, 1.807) is 0 Å². The van der Waals surface area contributed by atoms with Crippen molar-refractivity contribution in [3.05, 3.63) is 28.8 Å². The number of esters is 1. The summed E-state index contributed by atoms with van der Waals surface area (Å²) in [6.45, 7) is 14.0. The van der Waals surface area contributed by atoms with Crippen LogP contribution in [0.15, 0.2) is 12.1 Å². The van der Waals surface area contributed by atoms with Gasteiger partial charge in [0.1, 0.15) is 5.75 Å². The maximum Gasteiger partial charge on any atom is 0.343 e. The van der Waals surface area contributed by atoms with Crippen LogP contribution in [0.3, 0.4) is 0 Å². The van der Waals surface area contributed by atoms with Crippen molar-refractivity contribution in [1.82, 2.24) is 10.2 Å². The van der Waals surface area contributed by atoms with E-state index in [4.69, 9.17) is 4.74 Å². The molecule has 1 N–H and O–H groups in total. The van der Waals surface area contributed by atoms with Crippen molar-refractivity contribution in [3.8, 4) is 5.75 Å². The first-order chi connectivity index (χ1) is 12.2. The molecule has 146 valence electrons. The molecule has 0 radical (unpaired) electrons. The molecule has 0 aliphatic carbocycles. The predicted molar refractivity (Wildman–Crippen MR) is 105 cm³/mol. The van der Waals surface area contributed by atoms with Gasteiger partial charge >= 0.3 is 5.97 Å². The van der Waals surface area contributed by atoms with Gasteiger partial charge in [-0.15, -0.1) is 0 Å². The maximum atomic E-state index is 11.3. The standard InChI is InChI=1S/C21H34N2O3/c1-15-11-17(12-16(2)20(15)26-14-19(24)25-6)13-22-18-7-9-23(10-8-18)21(3,4)5/h11-12,18,22H,7-10,13-14H2,1-6H3. The fourth-order valence-corrected chi connectivity index (χ4v) is 3.58. The molecule has 0 spiro atoms. The second kappa shape index (κ2) is 8.87. The summed E-state index contributed by atoms with van der Waals surface area (Å²) in [6, 6.07) is 4.85. The number of ether oxygens (including phenoxy) is 2. The lowest BCUT2D eigenvalue weighted by atomic mass is 9.97. The number of nitrogens with one attached hydrogen (secondary N) is 1. The predicted octanol–water partition coefficient (Wildman–Crippen LogP) is 3.21. The summed E-state index contributed by atoms with van der Waals surface area (Å²) in [7, 11) is 1.37. The second-order valence-corrected chi connectivity index (χ2v) is 8.24. The molecule has 1 heterocycles. The van der Waals surface area contributed by atoms with Crippen molar-refractivity contribution >= 4 is 5.97 Å². The molecule has 5 heteroatoms. The van der Waals surface area contributed by atoms with Crippen molar-refractivity contribution in [2.45, 2.75) is 65.6 Å². The zero-order valence-corrected chi connectivity index (χ0v) is 17.1. The van der Waals surface area contributed by atoms with Gasteiger partial charge in [-0.3, -0.25) is 4.90 Å². The summed E-state index contributed by atoms with van der Waals surface area (Å²) in [5.74, 6) is 0.411. The summed E-state index contributed by atoms with van der Waals surface area (Å²) < 4.78 is 10.2. The molecule has 0 unspecified atom stereocenters. The van der Waals surface area contributed by atoms with Crippen molar-refractivity contribution in [3.63, 3.8) is 0 Å². The molecule has 1 saturated heterocycles. The van der Waals surface area contributed by atoms with Gasteiger partial charge in [0.05, 0.1) is 7.11 Å². The van der Waals surface area contributed by atoms with Crippen LogP contribution in [0.1, 0.15) is 50.3 Å². The smallest absolute Gasteiger partial charge is 0.343 e. The highest BCUT2D eigenvalue weighted by Crippen LogP contribution is 2.25. The number of nitrogens with zero attached hydrogens (tertiary/aromatic N) is 1. The number of benzene rings is 1. The van der Waals surface area contributed by atoms with E-state index in [1.165, 1.54) is 25.5 Å². The first-order valence-corrected chi connectivity index (χ1v) is 9.49. The quantitative estimate of drug-likeness (QED) is 0.788. The number of rotatable bonds is 6. The van der Waals surface area contributed by atoms with E-state index >= 15 is 0 Å². The number of likely N-dealkylation sites (tertiary alicyclic amines) is 1. The first-order valence-electron chi connectivity index (χ1n) is 9.49. The molecule has 5 nitrogen and oxygen atoms in total. The lowest BCUT2D eigenvalue weighted by Gasteiger charge is -2.41. The lowest BCUT2D eigenvalue weighted by molar-refractivity contribution is -0.142. The fraction of sp³-hybridized carbons (Fsp3) is 0.667. The Bertz CT molecular complexity index is 591. The van der Waals surface area contributed by atoms with E-state index in [0.717, 1.165) is 36.5 Å². The monoisotopic (exact) mass is 362 g/mol. The summed E-state index contributed by atoms with van der Waals surface area (Å²) in [6.07, 6.45) is 2.38. The van der Waals surface area contributed by atoms with Crippen LogP contribution in [0.5, 0.6) is 5.75 Å². The molecule has 2 rings (SSSR count). The number of hydrogen-bond donors (Lipinski definition) is 1. The van der Waals surface area contributed by atoms with Crippen LogP contribution in [0.2, 0.25) is 0 Å². The zero-order chi connectivity index (χ0) is 19.3. The van der Waals surface area contributed by atoms with Crippen molar-refractivity contribution < 1.29 is 14.3 Å². The Balaban J connectivity index is 1.88. The van der Waals surface area contributed by atoms with E-state index in [0.29, 0.717) is 6.04 Å². The molecular formula is C21H34N2O3. The van der Waals surface area contributed by atoms with Crippen LogP contribution < -0.4 is 10.1 Å². The second-order valence-electron chi connectivity index (χ2n) is 8.24. The summed E-state index contributed by atoms with van der Waals surface area (Å²) in [5.41, 5.74) is 3.62. The minimum atomic E-state index is -0.365. The number of carbonyl (C=O) groups is 1. The molecule has 1 aliphatic rings. The molecule has 0 aromatic heterocycles. The third-order valence-electron chi connectivity index (χ3n) is 5.12. The Labute approximate surface area is 158 Å². The Morgan fingerprint density at radius 3 is 2.27 bits per heavy atom. The van der Waals surface area contributed by atoms with Gasteiger partial charge in [-0.1, -0.05) is 12.1 Å². The minimum Gasteiger partial charge on any atom is -0.481 e. The Morgan fingerprint density at radius 2 is 1.77 bits per heavy atom. The molecule has 1 aromatic carbocycles. The summed E-state index contributed by atoms with van der Waals surface area (Å²) in [4.78, 5) is 13.8. The Kier molecular flexibility index (Phi) is 7.07. The highest BCUT2D eigenvalue weighted by molar-refractivity contribution is 5.71. The molecule has 1 fully saturated rings. The van der Waals surface area contributed by atoms with Gasteiger partial charge in [-0.05, 0) is 64.2 Å². The normalized spacial score (nSPS) is 16.5. The summed E-state index contributed by atoms with van der Waals surface area (Å²) in [5, 5.41) is 3.70. The molecule has 1 aromatic rings. The van der Waals surface area contributed by atoms with Gasteiger partial charge in [0.2, 0.25) is 0 Å². The van der Waals surface area contributed by atoms with Crippen molar-refractivity contribution in [1.29, 1.82) is 0 Å². The van der Waals surface area contributed by atoms with E-state index in [9.17, 15) is 4.79 Å². The van der Waals surface area contributed by atoms with Gasteiger partial charge in [-0.2, -0.15) is 0 Å². The molecule has 0 saturated carbocycles. The van der Waals surface area contributed by atoms with Crippen molar-refractivity contribution in [2.24, 2.45) is 0 Å².